The summed E-state index contributed by atoms with van der Waals surface area (Å²) < 4.78 is 13.2. The lowest BCUT2D eigenvalue weighted by Gasteiger charge is -2.23. The van der Waals surface area contributed by atoms with Gasteiger partial charge in [-0.05, 0) is 31.4 Å². The molecule has 1 aromatic carbocycles. The molecular formula is C12H17FN2. The normalized spacial score (nSPS) is 22.5. The zero-order chi connectivity index (χ0) is 10.7. The number of hydrogen-bond donors (Lipinski definition) is 1. The van der Waals surface area contributed by atoms with Gasteiger partial charge in [0, 0.05) is 13.1 Å². The molecule has 0 radical (unpaired) electrons. The lowest BCUT2D eigenvalue weighted by molar-refractivity contribution is 0.307. The standard InChI is InChI=1S/C12H17FN2/c13-10-4-3-8-15(9-7-10)12-6-2-1-5-11(12)14/h1-2,5-6,10H,3-4,7-9,14H2. The molecule has 2 nitrogen and oxygen atoms in total. The molecule has 82 valence electrons. The van der Waals surface area contributed by atoms with Crippen LogP contribution in [-0.4, -0.2) is 19.3 Å². The summed E-state index contributed by atoms with van der Waals surface area (Å²) in [5.41, 5.74) is 7.74. The molecule has 2 rings (SSSR count). The van der Waals surface area contributed by atoms with Crippen molar-refractivity contribution < 1.29 is 4.39 Å². The van der Waals surface area contributed by atoms with E-state index in [0.717, 1.165) is 30.9 Å². The van der Waals surface area contributed by atoms with E-state index in [1.807, 2.05) is 24.3 Å². The third-order valence-electron chi connectivity index (χ3n) is 2.94. The average molecular weight is 208 g/mol. The number of para-hydroxylation sites is 2. The van der Waals surface area contributed by atoms with Gasteiger partial charge in [-0.3, -0.25) is 0 Å². The first-order valence-electron chi connectivity index (χ1n) is 5.51. The van der Waals surface area contributed by atoms with Crippen LogP contribution in [0.25, 0.3) is 0 Å². The zero-order valence-electron chi connectivity index (χ0n) is 8.82. The summed E-state index contributed by atoms with van der Waals surface area (Å²) in [4.78, 5) is 2.19. The van der Waals surface area contributed by atoms with Crippen LogP contribution in [0.3, 0.4) is 0 Å². The molecule has 3 heteroatoms. The lowest BCUT2D eigenvalue weighted by atomic mass is 10.2. The SMILES string of the molecule is Nc1ccccc1N1CCCC(F)CC1. The van der Waals surface area contributed by atoms with Crippen LogP contribution in [0.2, 0.25) is 0 Å². The van der Waals surface area contributed by atoms with E-state index in [-0.39, 0.29) is 0 Å². The van der Waals surface area contributed by atoms with Crippen molar-refractivity contribution in [1.82, 2.24) is 0 Å². The first-order chi connectivity index (χ1) is 7.27. The summed E-state index contributed by atoms with van der Waals surface area (Å²) in [6.07, 6.45) is 1.58. The topological polar surface area (TPSA) is 29.3 Å². The van der Waals surface area contributed by atoms with Gasteiger partial charge in [0.05, 0.1) is 11.4 Å². The quantitative estimate of drug-likeness (QED) is 0.719. The van der Waals surface area contributed by atoms with Gasteiger partial charge in [-0.15, -0.1) is 0 Å². The summed E-state index contributed by atoms with van der Waals surface area (Å²) in [7, 11) is 0. The third kappa shape index (κ3) is 2.41. The van der Waals surface area contributed by atoms with Crippen molar-refractivity contribution in [2.45, 2.75) is 25.4 Å². The number of anilines is 2. The predicted molar refractivity (Wildman–Crippen MR) is 61.8 cm³/mol. The van der Waals surface area contributed by atoms with Crippen molar-refractivity contribution in [3.05, 3.63) is 24.3 Å². The van der Waals surface area contributed by atoms with Gasteiger partial charge in [0.15, 0.2) is 0 Å². The van der Waals surface area contributed by atoms with E-state index in [9.17, 15) is 4.39 Å². The van der Waals surface area contributed by atoms with E-state index in [1.165, 1.54) is 0 Å². The Morgan fingerprint density at radius 3 is 2.80 bits per heavy atom. The van der Waals surface area contributed by atoms with Crippen LogP contribution in [-0.2, 0) is 0 Å². The third-order valence-corrected chi connectivity index (χ3v) is 2.94. The van der Waals surface area contributed by atoms with Gasteiger partial charge in [-0.1, -0.05) is 12.1 Å². The van der Waals surface area contributed by atoms with E-state index >= 15 is 0 Å². The number of hydrogen-bond acceptors (Lipinski definition) is 2. The van der Waals surface area contributed by atoms with Gasteiger partial charge < -0.3 is 10.6 Å². The second kappa shape index (κ2) is 4.51. The highest BCUT2D eigenvalue weighted by Crippen LogP contribution is 2.25. The van der Waals surface area contributed by atoms with E-state index in [2.05, 4.69) is 4.90 Å². The monoisotopic (exact) mass is 208 g/mol. The Morgan fingerprint density at radius 1 is 1.20 bits per heavy atom. The van der Waals surface area contributed by atoms with Crippen LogP contribution in [0.4, 0.5) is 15.8 Å². The number of nitrogens with two attached hydrogens (primary N) is 1. The molecule has 15 heavy (non-hydrogen) atoms. The van der Waals surface area contributed by atoms with Gasteiger partial charge in [0.25, 0.3) is 0 Å². The molecule has 1 fully saturated rings. The fourth-order valence-corrected chi connectivity index (χ4v) is 2.07. The fourth-order valence-electron chi connectivity index (χ4n) is 2.07. The summed E-state index contributed by atoms with van der Waals surface area (Å²) in [5.74, 6) is 0. The maximum atomic E-state index is 13.2. The van der Waals surface area contributed by atoms with Crippen molar-refractivity contribution >= 4 is 11.4 Å². The van der Waals surface area contributed by atoms with E-state index in [1.54, 1.807) is 0 Å². The van der Waals surface area contributed by atoms with Crippen molar-refractivity contribution in [3.63, 3.8) is 0 Å². The molecule has 0 aromatic heterocycles. The van der Waals surface area contributed by atoms with Gasteiger partial charge >= 0.3 is 0 Å². The maximum Gasteiger partial charge on any atom is 0.102 e. The molecule has 0 bridgehead atoms. The van der Waals surface area contributed by atoms with E-state index < -0.39 is 6.17 Å². The summed E-state index contributed by atoms with van der Waals surface area (Å²) in [6, 6.07) is 7.80. The molecule has 1 aromatic rings. The number of halogens is 1. The van der Waals surface area contributed by atoms with Crippen LogP contribution >= 0.6 is 0 Å². The van der Waals surface area contributed by atoms with Crippen molar-refractivity contribution in [2.75, 3.05) is 23.7 Å². The van der Waals surface area contributed by atoms with Crippen LogP contribution in [0, 0.1) is 0 Å². The molecule has 1 atom stereocenters. The van der Waals surface area contributed by atoms with E-state index in [0.29, 0.717) is 12.8 Å². The van der Waals surface area contributed by atoms with E-state index in [4.69, 9.17) is 5.73 Å². The van der Waals surface area contributed by atoms with Gasteiger partial charge in [-0.25, -0.2) is 4.39 Å². The Morgan fingerprint density at radius 2 is 2.00 bits per heavy atom. The van der Waals surface area contributed by atoms with Crippen LogP contribution < -0.4 is 10.6 Å². The summed E-state index contributed by atoms with van der Waals surface area (Å²) >= 11 is 0. The average Bonchev–Trinajstić information content (AvgIpc) is 2.44. The molecule has 0 spiro atoms. The Bertz CT molecular complexity index is 327. The lowest BCUT2D eigenvalue weighted by Crippen LogP contribution is -2.25. The number of rotatable bonds is 1. The molecule has 1 unspecified atom stereocenters. The molecule has 1 saturated heterocycles. The molecule has 1 heterocycles. The number of alkyl halides is 1. The first-order valence-corrected chi connectivity index (χ1v) is 5.51. The Kier molecular flexibility index (Phi) is 3.09. The second-order valence-electron chi connectivity index (χ2n) is 4.07. The Hall–Kier alpha value is -1.25. The van der Waals surface area contributed by atoms with Crippen molar-refractivity contribution in [2.24, 2.45) is 0 Å². The highest BCUT2D eigenvalue weighted by Gasteiger charge is 2.17. The van der Waals surface area contributed by atoms with Gasteiger partial charge in [0.1, 0.15) is 6.17 Å². The number of nitrogen functional groups attached to an aromatic ring is 1. The largest absolute Gasteiger partial charge is 0.397 e. The van der Waals surface area contributed by atoms with Gasteiger partial charge in [0.2, 0.25) is 0 Å². The van der Waals surface area contributed by atoms with Crippen LogP contribution in [0.1, 0.15) is 19.3 Å². The number of nitrogens with zero attached hydrogens (tertiary/aromatic N) is 1. The predicted octanol–water partition coefficient (Wildman–Crippen LogP) is 2.60. The smallest absolute Gasteiger partial charge is 0.102 e. The van der Waals surface area contributed by atoms with Crippen LogP contribution in [0.5, 0.6) is 0 Å². The highest BCUT2D eigenvalue weighted by molar-refractivity contribution is 5.67. The number of benzene rings is 1. The fraction of sp³-hybridized carbons (Fsp3) is 0.500. The second-order valence-corrected chi connectivity index (χ2v) is 4.07. The first kappa shape index (κ1) is 10.3. The summed E-state index contributed by atoms with van der Waals surface area (Å²) in [6.45, 7) is 1.68. The molecular weight excluding hydrogens is 191 g/mol. The summed E-state index contributed by atoms with van der Waals surface area (Å²) in [5, 5.41) is 0. The molecule has 1 aliphatic heterocycles. The Balaban J connectivity index is 2.13. The van der Waals surface area contributed by atoms with Gasteiger partial charge in [-0.2, -0.15) is 0 Å². The van der Waals surface area contributed by atoms with Crippen molar-refractivity contribution in [3.8, 4) is 0 Å². The minimum absolute atomic E-state index is 0.619. The molecule has 0 saturated carbocycles. The molecule has 1 aliphatic rings. The molecule has 2 N–H and O–H groups in total. The molecule has 0 amide bonds. The molecule has 0 aliphatic carbocycles. The maximum absolute atomic E-state index is 13.2. The minimum Gasteiger partial charge on any atom is -0.397 e. The van der Waals surface area contributed by atoms with Crippen molar-refractivity contribution in [1.29, 1.82) is 0 Å². The highest BCUT2D eigenvalue weighted by atomic mass is 19.1. The van der Waals surface area contributed by atoms with Crippen LogP contribution in [0.15, 0.2) is 24.3 Å². The minimum atomic E-state index is -0.639. The zero-order valence-corrected chi connectivity index (χ0v) is 8.82. The Labute approximate surface area is 89.9 Å².